The van der Waals surface area contributed by atoms with E-state index in [0.717, 1.165) is 11.7 Å². The van der Waals surface area contributed by atoms with Gasteiger partial charge in [0, 0.05) is 12.1 Å². The lowest BCUT2D eigenvalue weighted by Crippen LogP contribution is -2.20. The van der Waals surface area contributed by atoms with Crippen molar-refractivity contribution in [3.05, 3.63) is 6.07 Å². The molecule has 2 unspecified atom stereocenters. The van der Waals surface area contributed by atoms with Crippen molar-refractivity contribution >= 4 is 17.6 Å². The summed E-state index contributed by atoms with van der Waals surface area (Å²) >= 11 is 0. The molecule has 100 valence electrons. The smallest absolute Gasteiger partial charge is 0.223 e. The topological polar surface area (TPSA) is 102 Å². The molecule has 1 heterocycles. The Morgan fingerprint density at radius 3 is 2.72 bits per heavy atom. The number of anilines is 3. The molecule has 0 aliphatic heterocycles. The van der Waals surface area contributed by atoms with Gasteiger partial charge in [-0.2, -0.15) is 9.97 Å². The lowest BCUT2D eigenvalue weighted by Gasteiger charge is -2.17. The number of hydrogen-bond donors (Lipinski definition) is 4. The third-order valence-corrected chi connectivity index (χ3v) is 3.50. The second-order valence-corrected chi connectivity index (χ2v) is 5.10. The maximum absolute atomic E-state index is 5.64. The van der Waals surface area contributed by atoms with Crippen molar-refractivity contribution in [1.82, 2.24) is 9.97 Å². The average molecular weight is 250 g/mol. The van der Waals surface area contributed by atoms with Gasteiger partial charge in [-0.1, -0.05) is 19.8 Å². The van der Waals surface area contributed by atoms with E-state index in [9.17, 15) is 0 Å². The van der Waals surface area contributed by atoms with Crippen molar-refractivity contribution in [2.45, 2.75) is 45.1 Å². The van der Waals surface area contributed by atoms with Gasteiger partial charge in [-0.15, -0.1) is 0 Å². The van der Waals surface area contributed by atoms with Crippen molar-refractivity contribution in [3.63, 3.8) is 0 Å². The van der Waals surface area contributed by atoms with E-state index in [0.29, 0.717) is 11.9 Å². The summed E-state index contributed by atoms with van der Waals surface area (Å²) in [6.07, 6.45) is 6.21. The van der Waals surface area contributed by atoms with Gasteiger partial charge < -0.3 is 16.5 Å². The van der Waals surface area contributed by atoms with Gasteiger partial charge in [-0.3, -0.25) is 0 Å². The van der Waals surface area contributed by atoms with Crippen molar-refractivity contribution in [3.8, 4) is 0 Å². The second kappa shape index (κ2) is 5.86. The summed E-state index contributed by atoms with van der Waals surface area (Å²) in [4.78, 5) is 8.15. The molecule has 0 radical (unpaired) electrons. The SMILES string of the molecule is CC1CCCC(Nc2cc(NN)nc(N)n2)CC1. The van der Waals surface area contributed by atoms with Crippen LogP contribution in [0.2, 0.25) is 0 Å². The van der Waals surface area contributed by atoms with Crippen molar-refractivity contribution < 1.29 is 0 Å². The zero-order valence-electron chi connectivity index (χ0n) is 10.8. The van der Waals surface area contributed by atoms with Gasteiger partial charge in [0.25, 0.3) is 0 Å². The summed E-state index contributed by atoms with van der Waals surface area (Å²) in [6, 6.07) is 2.25. The van der Waals surface area contributed by atoms with E-state index < -0.39 is 0 Å². The Labute approximate surface area is 108 Å². The van der Waals surface area contributed by atoms with E-state index in [1.807, 2.05) is 0 Å². The number of nitrogens with one attached hydrogen (secondary N) is 2. The number of nitrogens with two attached hydrogens (primary N) is 2. The third kappa shape index (κ3) is 3.46. The predicted molar refractivity (Wildman–Crippen MR) is 73.9 cm³/mol. The van der Waals surface area contributed by atoms with Crippen LogP contribution in [0.15, 0.2) is 6.07 Å². The number of hydrazine groups is 1. The van der Waals surface area contributed by atoms with Crippen LogP contribution in [-0.2, 0) is 0 Å². The molecule has 0 aromatic carbocycles. The van der Waals surface area contributed by atoms with E-state index in [-0.39, 0.29) is 5.95 Å². The minimum absolute atomic E-state index is 0.231. The van der Waals surface area contributed by atoms with Crippen LogP contribution < -0.4 is 22.3 Å². The largest absolute Gasteiger partial charge is 0.368 e. The number of nitrogen functional groups attached to an aromatic ring is 2. The average Bonchev–Trinajstić information content (AvgIpc) is 2.54. The Bertz CT molecular complexity index is 394. The van der Waals surface area contributed by atoms with Gasteiger partial charge >= 0.3 is 0 Å². The molecule has 0 amide bonds. The summed E-state index contributed by atoms with van der Waals surface area (Å²) < 4.78 is 0. The minimum Gasteiger partial charge on any atom is -0.368 e. The molecule has 6 N–H and O–H groups in total. The number of rotatable bonds is 3. The lowest BCUT2D eigenvalue weighted by atomic mass is 10.0. The Hall–Kier alpha value is -1.56. The van der Waals surface area contributed by atoms with Crippen molar-refractivity contribution in [1.29, 1.82) is 0 Å². The molecule has 1 aromatic heterocycles. The van der Waals surface area contributed by atoms with Gasteiger partial charge in [0.05, 0.1) is 0 Å². The monoisotopic (exact) mass is 250 g/mol. The standard InChI is InChI=1S/C12H22N6/c1-8-3-2-4-9(6-5-8)15-10-7-11(18-14)17-12(13)16-10/h7-9H,2-6,14H2,1H3,(H4,13,15,16,17,18). The van der Waals surface area contributed by atoms with E-state index in [2.05, 4.69) is 27.6 Å². The first-order chi connectivity index (χ1) is 8.67. The van der Waals surface area contributed by atoms with Crippen molar-refractivity contribution in [2.24, 2.45) is 11.8 Å². The molecule has 6 heteroatoms. The van der Waals surface area contributed by atoms with Crippen LogP contribution in [-0.4, -0.2) is 16.0 Å². The van der Waals surface area contributed by atoms with Gasteiger partial charge in [0.15, 0.2) is 0 Å². The summed E-state index contributed by atoms with van der Waals surface area (Å²) in [7, 11) is 0. The summed E-state index contributed by atoms with van der Waals surface area (Å²) in [6.45, 7) is 2.32. The maximum atomic E-state index is 5.64. The van der Waals surface area contributed by atoms with Gasteiger partial charge in [-0.05, 0) is 25.2 Å². The molecule has 0 saturated heterocycles. The molecule has 0 bridgehead atoms. The van der Waals surface area contributed by atoms with Crippen molar-refractivity contribution in [2.75, 3.05) is 16.5 Å². The zero-order valence-corrected chi connectivity index (χ0v) is 10.8. The van der Waals surface area contributed by atoms with Crippen LogP contribution >= 0.6 is 0 Å². The second-order valence-electron chi connectivity index (χ2n) is 5.10. The zero-order chi connectivity index (χ0) is 13.0. The van der Waals surface area contributed by atoms with Gasteiger partial charge in [0.2, 0.25) is 5.95 Å². The molecule has 1 aliphatic rings. The van der Waals surface area contributed by atoms with Crippen LogP contribution in [0.4, 0.5) is 17.6 Å². The van der Waals surface area contributed by atoms with E-state index in [4.69, 9.17) is 11.6 Å². The molecule has 1 aromatic rings. The van der Waals surface area contributed by atoms with E-state index in [1.54, 1.807) is 6.07 Å². The first-order valence-corrected chi connectivity index (χ1v) is 6.55. The molecule has 18 heavy (non-hydrogen) atoms. The number of aromatic nitrogens is 2. The summed E-state index contributed by atoms with van der Waals surface area (Å²) in [5.74, 6) is 7.68. The maximum Gasteiger partial charge on any atom is 0.223 e. The normalized spacial score (nSPS) is 24.3. The minimum atomic E-state index is 0.231. The van der Waals surface area contributed by atoms with Crippen LogP contribution in [0.1, 0.15) is 39.0 Å². The Kier molecular flexibility index (Phi) is 4.19. The predicted octanol–water partition coefficient (Wildman–Crippen LogP) is 1.73. The number of nitrogens with zero attached hydrogens (tertiary/aromatic N) is 2. The van der Waals surface area contributed by atoms with Crippen LogP contribution in [0, 0.1) is 5.92 Å². The first-order valence-electron chi connectivity index (χ1n) is 6.55. The van der Waals surface area contributed by atoms with Gasteiger partial charge in [0.1, 0.15) is 11.6 Å². The lowest BCUT2D eigenvalue weighted by molar-refractivity contribution is 0.502. The van der Waals surface area contributed by atoms with E-state index in [1.165, 1.54) is 32.1 Å². The fourth-order valence-corrected chi connectivity index (χ4v) is 2.45. The van der Waals surface area contributed by atoms with Gasteiger partial charge in [-0.25, -0.2) is 5.84 Å². The highest BCUT2D eigenvalue weighted by Crippen LogP contribution is 2.25. The molecule has 2 atom stereocenters. The van der Waals surface area contributed by atoms with Crippen LogP contribution in [0.25, 0.3) is 0 Å². The Balaban J connectivity index is 2.01. The van der Waals surface area contributed by atoms with Crippen LogP contribution in [0.5, 0.6) is 0 Å². The molecular formula is C12H22N6. The number of hydrogen-bond acceptors (Lipinski definition) is 6. The molecule has 1 aliphatic carbocycles. The molecule has 1 saturated carbocycles. The highest BCUT2D eigenvalue weighted by atomic mass is 15.3. The molecule has 1 fully saturated rings. The molecule has 2 rings (SSSR count). The highest BCUT2D eigenvalue weighted by Gasteiger charge is 2.16. The van der Waals surface area contributed by atoms with E-state index >= 15 is 0 Å². The third-order valence-electron chi connectivity index (χ3n) is 3.50. The fourth-order valence-electron chi connectivity index (χ4n) is 2.45. The first kappa shape index (κ1) is 12.9. The fraction of sp³-hybridized carbons (Fsp3) is 0.667. The molecule has 0 spiro atoms. The van der Waals surface area contributed by atoms with Crippen LogP contribution in [0.3, 0.4) is 0 Å². The molecular weight excluding hydrogens is 228 g/mol. The molecule has 6 nitrogen and oxygen atoms in total. The quantitative estimate of drug-likeness (QED) is 0.370. The summed E-state index contributed by atoms with van der Waals surface area (Å²) in [5, 5.41) is 3.43. The Morgan fingerprint density at radius 1 is 1.17 bits per heavy atom. The summed E-state index contributed by atoms with van der Waals surface area (Å²) in [5.41, 5.74) is 8.13. The Morgan fingerprint density at radius 2 is 1.94 bits per heavy atom. The highest BCUT2D eigenvalue weighted by molar-refractivity contribution is 5.50.